The van der Waals surface area contributed by atoms with Crippen LogP contribution in [-0.2, 0) is 0 Å². The van der Waals surface area contributed by atoms with Gasteiger partial charge in [-0.05, 0) is 72.5 Å². The van der Waals surface area contributed by atoms with Crippen LogP contribution in [0.5, 0.6) is 0 Å². The molecule has 0 amide bonds. The van der Waals surface area contributed by atoms with Crippen LogP contribution in [0.2, 0.25) is 0 Å². The van der Waals surface area contributed by atoms with Gasteiger partial charge in [0.15, 0.2) is 20.2 Å². The molecule has 0 aromatic rings. The molecule has 85 heavy (non-hydrogen) atoms. The lowest BCUT2D eigenvalue weighted by atomic mass is 9.93. The molecule has 0 aliphatic carbocycles. The van der Waals surface area contributed by atoms with Gasteiger partial charge in [0.05, 0.1) is 31.8 Å². The lowest BCUT2D eigenvalue weighted by Gasteiger charge is -2.23. The van der Waals surface area contributed by atoms with Gasteiger partial charge in [-0.25, -0.2) is 0 Å². The van der Waals surface area contributed by atoms with Gasteiger partial charge >= 0.3 is 0 Å². The zero-order valence-corrected chi connectivity index (χ0v) is 60.9. The van der Waals surface area contributed by atoms with E-state index in [9.17, 15) is 0 Å². The third-order valence-electron chi connectivity index (χ3n) is 16.6. The summed E-state index contributed by atoms with van der Waals surface area (Å²) in [5, 5.41) is 70.8. The Kier molecular flexibility index (Phi) is 85.1. The van der Waals surface area contributed by atoms with E-state index in [0.29, 0.717) is 49.4 Å². The summed E-state index contributed by atoms with van der Waals surface area (Å²) in [4.78, 5) is 0. The molecule has 512 valence electrons. The van der Waals surface area contributed by atoms with Crippen LogP contribution in [0.15, 0.2) is 0 Å². The maximum atomic E-state index is 9.03. The van der Waals surface area contributed by atoms with E-state index < -0.39 is 31.8 Å². The molecule has 0 rings (SSSR count). The predicted molar refractivity (Wildman–Crippen MR) is 391 cm³/mol. The van der Waals surface area contributed by atoms with Gasteiger partial charge in [0, 0.05) is 25.7 Å². The molecule has 0 bridgehead atoms. The van der Waals surface area contributed by atoms with E-state index in [1.165, 1.54) is 308 Å². The monoisotopic (exact) mass is 1280 g/mol. The first-order valence-electron chi connectivity index (χ1n) is 36.2. The quantitative estimate of drug-likeness (QED) is 0.0215. The van der Waals surface area contributed by atoms with Crippen molar-refractivity contribution >= 4 is 69.1 Å². The molecular formula is C73H148O8S4. The first-order valence-corrected chi connectivity index (χ1v) is 37.8. The minimum absolute atomic E-state index is 0.176. The van der Waals surface area contributed by atoms with Gasteiger partial charge in [-0.15, -0.1) is 0 Å². The number of thiocarbonyl (C=S) groups is 4. The molecule has 0 heterocycles. The number of aliphatic hydroxyl groups is 8. The molecule has 0 saturated heterocycles. The zero-order valence-electron chi connectivity index (χ0n) is 57.6. The highest BCUT2D eigenvalue weighted by molar-refractivity contribution is 7.80. The highest BCUT2D eigenvalue weighted by Gasteiger charge is 2.26. The Morgan fingerprint density at radius 2 is 0.353 bits per heavy atom. The van der Waals surface area contributed by atoms with Crippen molar-refractivity contribution in [2.24, 2.45) is 29.1 Å². The summed E-state index contributed by atoms with van der Waals surface area (Å²) < 4.78 is 0. The summed E-state index contributed by atoms with van der Waals surface area (Å²) in [6.45, 7) is 16.2. The molecule has 0 aromatic carbocycles. The van der Waals surface area contributed by atoms with Crippen molar-refractivity contribution in [3.63, 3.8) is 0 Å². The Balaban J connectivity index is -0.000000319. The Bertz CT molecular complexity index is 1140. The zero-order chi connectivity index (χ0) is 64.7. The molecule has 0 aliphatic heterocycles. The molecule has 0 spiro atoms. The summed E-state index contributed by atoms with van der Waals surface area (Å²) in [7, 11) is 0. The van der Waals surface area contributed by atoms with E-state index in [0.717, 1.165) is 0 Å². The van der Waals surface area contributed by atoms with Crippen molar-refractivity contribution in [2.45, 2.75) is 389 Å². The third kappa shape index (κ3) is 87.7. The van der Waals surface area contributed by atoms with Crippen molar-refractivity contribution in [1.82, 2.24) is 0 Å². The Hall–Kier alpha value is -0.600. The molecule has 0 saturated carbocycles. The van der Waals surface area contributed by atoms with Crippen LogP contribution in [0.4, 0.5) is 0 Å². The number of hydrogen-bond donors (Lipinski definition) is 8. The summed E-state index contributed by atoms with van der Waals surface area (Å²) in [6.07, 6.45) is 69.0. The van der Waals surface area contributed by atoms with Crippen molar-refractivity contribution in [3.8, 4) is 0 Å². The van der Waals surface area contributed by atoms with Crippen molar-refractivity contribution in [1.29, 1.82) is 0 Å². The van der Waals surface area contributed by atoms with Crippen LogP contribution >= 0.6 is 48.9 Å². The van der Waals surface area contributed by atoms with Gasteiger partial charge < -0.3 is 40.9 Å². The normalized spacial score (nSPS) is 12.5. The second-order valence-electron chi connectivity index (χ2n) is 26.2. The van der Waals surface area contributed by atoms with Crippen LogP contribution in [-0.4, -0.2) is 87.5 Å². The molecule has 12 heteroatoms. The molecule has 0 aliphatic rings. The van der Waals surface area contributed by atoms with E-state index in [-0.39, 0.29) is 20.2 Å². The Morgan fingerprint density at radius 1 is 0.235 bits per heavy atom. The fourth-order valence-corrected chi connectivity index (χ4v) is 11.7. The lowest BCUT2D eigenvalue weighted by Crippen LogP contribution is -2.37. The van der Waals surface area contributed by atoms with Gasteiger partial charge in [0.25, 0.3) is 0 Å². The summed E-state index contributed by atoms with van der Waals surface area (Å²) in [6, 6.07) is 0. The van der Waals surface area contributed by atoms with E-state index in [1.54, 1.807) is 0 Å². The summed E-state index contributed by atoms with van der Waals surface area (Å²) >= 11 is 18.9. The molecule has 8 nitrogen and oxygen atoms in total. The van der Waals surface area contributed by atoms with Gasteiger partial charge in [-0.2, -0.15) is 0 Å². The van der Waals surface area contributed by atoms with Crippen LogP contribution in [0.1, 0.15) is 389 Å². The molecular weight excluding hydrogens is 1130 g/mol. The highest BCUT2D eigenvalue weighted by Crippen LogP contribution is 2.21. The minimum Gasteiger partial charge on any atom is -0.502 e. The topological polar surface area (TPSA) is 162 Å². The first-order chi connectivity index (χ1) is 40.9. The maximum Gasteiger partial charge on any atom is 0.156 e. The molecule has 4 unspecified atom stereocenters. The van der Waals surface area contributed by atoms with Crippen LogP contribution in [0, 0.1) is 29.1 Å². The van der Waals surface area contributed by atoms with Crippen molar-refractivity contribution < 1.29 is 40.9 Å². The fraction of sp³-hybridized carbons (Fsp3) is 0.945. The van der Waals surface area contributed by atoms with Gasteiger partial charge in [0.2, 0.25) is 0 Å². The van der Waals surface area contributed by atoms with E-state index in [1.807, 2.05) is 0 Å². The number of unbranched alkanes of at least 4 members (excludes halogenated alkanes) is 40. The summed E-state index contributed by atoms with van der Waals surface area (Å²) in [5.74, 6) is 2.21. The average Bonchev–Trinajstić information content (AvgIpc) is 3.48. The minimum atomic E-state index is -1.11. The SMILES string of the molecule is CCCCCCCCCCCCCC(C)CC(O)=S.CCCCCCCCCCCCCC(C)CC(O)=S.CCCCCCCCCCCCCC(C)CC(O)=S.CCCCCCCCCCCCCC(C)CC(O)=S.OCC(CO)(CO)CO. The van der Waals surface area contributed by atoms with E-state index in [2.05, 4.69) is 55.4 Å². The number of aliphatic hydroxyl groups excluding tert-OH is 8. The molecule has 0 aromatic heterocycles. The average molecular weight is 1280 g/mol. The van der Waals surface area contributed by atoms with Gasteiger partial charge in [-0.1, -0.05) is 364 Å². The van der Waals surface area contributed by atoms with Crippen LogP contribution in [0.3, 0.4) is 0 Å². The first kappa shape index (κ1) is 93.1. The second-order valence-corrected chi connectivity index (χ2v) is 28.1. The van der Waals surface area contributed by atoms with Gasteiger partial charge in [-0.3, -0.25) is 0 Å². The van der Waals surface area contributed by atoms with Crippen LogP contribution in [0.25, 0.3) is 0 Å². The molecule has 0 fully saturated rings. The number of hydrogen-bond acceptors (Lipinski definition) is 8. The predicted octanol–water partition coefficient (Wildman–Crippen LogP) is 24.3. The highest BCUT2D eigenvalue weighted by atomic mass is 32.1. The molecule has 4 atom stereocenters. The van der Waals surface area contributed by atoms with Crippen molar-refractivity contribution in [3.05, 3.63) is 0 Å². The standard InChI is InChI=1S/4C17H34OS.C5H12O4/c4*1-3-4-5-6-7-8-9-10-11-12-13-14-16(2)15-17(18)19;6-1-5(2-7,3-8)4-9/h4*16H,3-15H2,1-2H3,(H,18,19);6-9H,1-4H2. The molecule has 0 radical (unpaired) electrons. The van der Waals surface area contributed by atoms with Crippen molar-refractivity contribution in [2.75, 3.05) is 26.4 Å². The maximum absolute atomic E-state index is 9.03. The summed E-state index contributed by atoms with van der Waals surface area (Å²) in [5.41, 5.74) is -1.11. The smallest absolute Gasteiger partial charge is 0.156 e. The van der Waals surface area contributed by atoms with E-state index >= 15 is 0 Å². The number of rotatable bonds is 60. The second kappa shape index (κ2) is 77.6. The molecule has 8 N–H and O–H groups in total. The fourth-order valence-electron chi connectivity index (χ4n) is 10.5. The van der Waals surface area contributed by atoms with Crippen LogP contribution < -0.4 is 0 Å². The van der Waals surface area contributed by atoms with E-state index in [4.69, 9.17) is 89.7 Å². The Labute approximate surface area is 551 Å². The lowest BCUT2D eigenvalue weighted by molar-refractivity contribution is -0.0328. The Morgan fingerprint density at radius 3 is 0.447 bits per heavy atom. The third-order valence-corrected chi connectivity index (χ3v) is 17.3. The van der Waals surface area contributed by atoms with Gasteiger partial charge in [0.1, 0.15) is 0 Å². The largest absolute Gasteiger partial charge is 0.502 e.